The Morgan fingerprint density at radius 2 is 2.50 bits per heavy atom. The van der Waals surface area contributed by atoms with Crippen molar-refractivity contribution in [2.75, 3.05) is 0 Å². The van der Waals surface area contributed by atoms with Crippen LogP contribution in [0.2, 0.25) is 0 Å². The van der Waals surface area contributed by atoms with Crippen molar-refractivity contribution in [2.45, 2.75) is 20.4 Å². The van der Waals surface area contributed by atoms with E-state index in [0.29, 0.717) is 12.2 Å². The molecule has 0 aliphatic carbocycles. The second-order valence-electron chi connectivity index (χ2n) is 2.41. The van der Waals surface area contributed by atoms with E-state index in [1.165, 1.54) is 0 Å². The first kappa shape index (κ1) is 9.06. The van der Waals surface area contributed by atoms with Gasteiger partial charge in [-0.2, -0.15) is 5.10 Å². The van der Waals surface area contributed by atoms with Gasteiger partial charge in [-0.1, -0.05) is 0 Å². The molecule has 12 heavy (non-hydrogen) atoms. The number of hydrogen-bond donors (Lipinski definition) is 1. The molecule has 0 spiro atoms. The number of hydrogen-bond acceptors (Lipinski definition) is 2. The molecule has 0 bridgehead atoms. The topological polar surface area (TPSA) is 46.9 Å². The largest absolute Gasteiger partial charge is 0.283 e. The molecule has 0 radical (unpaired) electrons. The summed E-state index contributed by atoms with van der Waals surface area (Å²) in [6, 6.07) is 1.70. The Kier molecular flexibility index (Phi) is 2.70. The van der Waals surface area contributed by atoms with Gasteiger partial charge in [0.15, 0.2) is 0 Å². The van der Waals surface area contributed by atoms with Gasteiger partial charge in [-0.3, -0.25) is 14.3 Å². The molecule has 66 valence electrons. The molecule has 5 heteroatoms. The van der Waals surface area contributed by atoms with E-state index >= 15 is 0 Å². The predicted molar refractivity (Wildman–Crippen MR) is 46.0 cm³/mol. The fourth-order valence-corrected chi connectivity index (χ4v) is 1.11. The molecule has 0 unspecified atom stereocenters. The third-order valence-corrected chi connectivity index (χ3v) is 1.69. The molecule has 1 rings (SSSR count). The van der Waals surface area contributed by atoms with Gasteiger partial charge in [0.2, 0.25) is 0 Å². The van der Waals surface area contributed by atoms with Crippen LogP contribution >= 0.6 is 11.8 Å². The Morgan fingerprint density at radius 3 is 3.00 bits per heavy atom. The Morgan fingerprint density at radius 1 is 1.83 bits per heavy atom. The van der Waals surface area contributed by atoms with Crippen LogP contribution in [0.1, 0.15) is 23.1 Å². The van der Waals surface area contributed by atoms with Crippen molar-refractivity contribution in [1.29, 1.82) is 0 Å². The lowest BCUT2D eigenvalue weighted by Crippen LogP contribution is -2.17. The van der Waals surface area contributed by atoms with Gasteiger partial charge < -0.3 is 0 Å². The molecule has 0 atom stereocenters. The van der Waals surface area contributed by atoms with Crippen LogP contribution in [0.15, 0.2) is 6.07 Å². The minimum atomic E-state index is -0.320. The highest BCUT2D eigenvalue weighted by Gasteiger charge is 2.11. The van der Waals surface area contributed by atoms with Crippen LogP contribution < -0.4 is 4.84 Å². The molecule has 4 nitrogen and oxygen atoms in total. The summed E-state index contributed by atoms with van der Waals surface area (Å²) in [6.45, 7) is 4.40. The number of halogens is 1. The summed E-state index contributed by atoms with van der Waals surface area (Å²) >= 11 is 5.18. The molecule has 1 aromatic rings. The summed E-state index contributed by atoms with van der Waals surface area (Å²) in [4.78, 5) is 13.1. The first-order valence-corrected chi connectivity index (χ1v) is 4.02. The van der Waals surface area contributed by atoms with Crippen LogP contribution in [0.3, 0.4) is 0 Å². The highest BCUT2D eigenvalue weighted by Crippen LogP contribution is 2.03. The quantitative estimate of drug-likeness (QED) is 0.705. The van der Waals surface area contributed by atoms with Gasteiger partial charge in [0.05, 0.1) is 5.69 Å². The molecule has 0 aliphatic heterocycles. The summed E-state index contributed by atoms with van der Waals surface area (Å²) in [5.41, 5.74) is 1.30. The summed E-state index contributed by atoms with van der Waals surface area (Å²) in [5.74, 6) is -0.320. The molecule has 1 N–H and O–H groups in total. The molecular formula is C7H10ClN3O. The highest BCUT2D eigenvalue weighted by atomic mass is 35.5. The first-order chi connectivity index (χ1) is 5.69. The van der Waals surface area contributed by atoms with Crippen molar-refractivity contribution >= 4 is 17.7 Å². The number of amides is 1. The van der Waals surface area contributed by atoms with Crippen LogP contribution in [-0.2, 0) is 6.54 Å². The van der Waals surface area contributed by atoms with Gasteiger partial charge in [0.25, 0.3) is 5.91 Å². The van der Waals surface area contributed by atoms with Crippen molar-refractivity contribution in [3.63, 3.8) is 0 Å². The highest BCUT2D eigenvalue weighted by molar-refractivity contribution is 6.23. The SMILES string of the molecule is CCn1nc(C)cc1C(=O)NCl. The van der Waals surface area contributed by atoms with Crippen LogP contribution in [0.4, 0.5) is 0 Å². The smallest absolute Gasteiger partial charge is 0.266 e. The summed E-state index contributed by atoms with van der Waals surface area (Å²) in [7, 11) is 0. The molecule has 0 saturated heterocycles. The minimum absolute atomic E-state index is 0.320. The van der Waals surface area contributed by atoms with E-state index in [1.807, 2.05) is 18.7 Å². The maximum atomic E-state index is 11.1. The van der Waals surface area contributed by atoms with Gasteiger partial charge in [-0.25, -0.2) is 0 Å². The molecular weight excluding hydrogens is 178 g/mol. The molecule has 1 aromatic heterocycles. The molecule has 1 heterocycles. The third kappa shape index (κ3) is 1.58. The van der Waals surface area contributed by atoms with Crippen molar-refractivity contribution in [1.82, 2.24) is 14.6 Å². The number of carbonyl (C=O) groups excluding carboxylic acids is 1. The van der Waals surface area contributed by atoms with E-state index in [2.05, 4.69) is 5.10 Å². The Bertz CT molecular complexity index is 295. The van der Waals surface area contributed by atoms with Gasteiger partial charge in [0, 0.05) is 18.3 Å². The fourth-order valence-electron chi connectivity index (χ4n) is 1.02. The fraction of sp³-hybridized carbons (Fsp3) is 0.429. The van der Waals surface area contributed by atoms with Gasteiger partial charge in [-0.15, -0.1) is 0 Å². The summed E-state index contributed by atoms with van der Waals surface area (Å²) in [5, 5.41) is 4.10. The molecule has 0 fully saturated rings. The van der Waals surface area contributed by atoms with Crippen molar-refractivity contribution in [3.8, 4) is 0 Å². The van der Waals surface area contributed by atoms with E-state index in [4.69, 9.17) is 11.8 Å². The first-order valence-electron chi connectivity index (χ1n) is 3.64. The lowest BCUT2D eigenvalue weighted by atomic mass is 10.3. The second-order valence-corrected chi connectivity index (χ2v) is 2.60. The summed E-state index contributed by atoms with van der Waals surface area (Å²) < 4.78 is 1.60. The number of nitrogens with one attached hydrogen (secondary N) is 1. The number of rotatable bonds is 2. The van der Waals surface area contributed by atoms with Crippen LogP contribution in [-0.4, -0.2) is 15.7 Å². The normalized spacial score (nSPS) is 9.92. The van der Waals surface area contributed by atoms with E-state index < -0.39 is 0 Å². The maximum absolute atomic E-state index is 11.1. The van der Waals surface area contributed by atoms with E-state index in [0.717, 1.165) is 5.69 Å². The van der Waals surface area contributed by atoms with Crippen molar-refractivity contribution in [3.05, 3.63) is 17.5 Å². The average molecular weight is 188 g/mol. The molecule has 0 aliphatic rings. The number of carbonyl (C=O) groups is 1. The van der Waals surface area contributed by atoms with Gasteiger partial charge in [0.1, 0.15) is 5.69 Å². The predicted octanol–water partition coefficient (Wildman–Crippen LogP) is 1.10. The standard InChI is InChI=1S/C7H10ClN3O/c1-3-11-6(7(12)9-8)4-5(2)10-11/h4H,3H2,1-2H3,(H,9,12). The van der Waals surface area contributed by atoms with Crippen LogP contribution in [0, 0.1) is 6.92 Å². The number of aryl methyl sites for hydroxylation is 2. The maximum Gasteiger partial charge on any atom is 0.283 e. The second kappa shape index (κ2) is 3.58. The van der Waals surface area contributed by atoms with Crippen LogP contribution in [0.25, 0.3) is 0 Å². The zero-order valence-electron chi connectivity index (χ0n) is 6.97. The van der Waals surface area contributed by atoms with E-state index in [9.17, 15) is 4.79 Å². The van der Waals surface area contributed by atoms with Crippen molar-refractivity contribution in [2.24, 2.45) is 0 Å². The van der Waals surface area contributed by atoms with Gasteiger partial charge >= 0.3 is 0 Å². The Hall–Kier alpha value is -1.03. The zero-order chi connectivity index (χ0) is 9.14. The zero-order valence-corrected chi connectivity index (χ0v) is 7.72. The number of nitrogens with zero attached hydrogens (tertiary/aromatic N) is 2. The van der Waals surface area contributed by atoms with Crippen LogP contribution in [0.5, 0.6) is 0 Å². The molecule has 0 aromatic carbocycles. The lowest BCUT2D eigenvalue weighted by molar-refractivity contribution is 0.0971. The van der Waals surface area contributed by atoms with E-state index in [-0.39, 0.29) is 5.91 Å². The van der Waals surface area contributed by atoms with Gasteiger partial charge in [-0.05, 0) is 19.9 Å². The van der Waals surface area contributed by atoms with E-state index in [1.54, 1.807) is 10.7 Å². The Labute approximate surface area is 75.6 Å². The van der Waals surface area contributed by atoms with Crippen molar-refractivity contribution < 1.29 is 4.79 Å². The number of aromatic nitrogens is 2. The average Bonchev–Trinajstić information content (AvgIpc) is 2.45. The lowest BCUT2D eigenvalue weighted by Gasteiger charge is -2.00. The summed E-state index contributed by atoms with van der Waals surface area (Å²) in [6.07, 6.45) is 0. The molecule has 0 saturated carbocycles. The Balaban J connectivity index is 3.04. The third-order valence-electron chi connectivity index (χ3n) is 1.52. The monoisotopic (exact) mass is 187 g/mol. The minimum Gasteiger partial charge on any atom is -0.266 e. The molecule has 1 amide bonds.